The summed E-state index contributed by atoms with van der Waals surface area (Å²) in [7, 11) is 0. The smallest absolute Gasteiger partial charge is 0.0115 e. The highest BCUT2D eigenvalue weighted by Gasteiger charge is 2.47. The van der Waals surface area contributed by atoms with Crippen LogP contribution in [0.5, 0.6) is 0 Å². The van der Waals surface area contributed by atoms with Crippen LogP contribution in [0.4, 0.5) is 0 Å². The Morgan fingerprint density at radius 3 is 2.53 bits per heavy atom. The number of fused-ring (bicyclic) bond motifs is 2. The molecule has 0 radical (unpaired) electrons. The van der Waals surface area contributed by atoms with Gasteiger partial charge in [-0.25, -0.2) is 0 Å². The minimum Gasteiger partial charge on any atom is -0.0851 e. The molecule has 2 bridgehead atoms. The zero-order valence-electron chi connectivity index (χ0n) is 10.2. The van der Waals surface area contributed by atoms with Crippen molar-refractivity contribution in [3.63, 3.8) is 0 Å². The zero-order chi connectivity index (χ0) is 10.5. The summed E-state index contributed by atoms with van der Waals surface area (Å²) in [6, 6.07) is 0. The summed E-state index contributed by atoms with van der Waals surface area (Å²) in [5, 5.41) is 0. The van der Waals surface area contributed by atoms with Gasteiger partial charge in [-0.1, -0.05) is 32.4 Å². The molecule has 5 unspecified atom stereocenters. The van der Waals surface area contributed by atoms with E-state index < -0.39 is 0 Å². The summed E-state index contributed by atoms with van der Waals surface area (Å²) < 4.78 is 0. The van der Waals surface area contributed by atoms with Crippen molar-refractivity contribution >= 4 is 0 Å². The van der Waals surface area contributed by atoms with E-state index in [-0.39, 0.29) is 0 Å². The Morgan fingerprint density at radius 1 is 1.13 bits per heavy atom. The lowest BCUT2D eigenvalue weighted by molar-refractivity contribution is 0.145. The normalized spacial score (nSPS) is 53.7. The Hall–Kier alpha value is -0.260. The lowest BCUT2D eigenvalue weighted by atomic mass is 9.64. The van der Waals surface area contributed by atoms with Gasteiger partial charge in [-0.3, -0.25) is 0 Å². The van der Waals surface area contributed by atoms with E-state index in [1.165, 1.54) is 25.7 Å². The first kappa shape index (κ1) is 9.93. The van der Waals surface area contributed by atoms with Crippen LogP contribution in [-0.4, -0.2) is 0 Å². The van der Waals surface area contributed by atoms with Crippen LogP contribution in [0.15, 0.2) is 12.2 Å². The van der Waals surface area contributed by atoms with E-state index in [1.807, 2.05) is 0 Å². The van der Waals surface area contributed by atoms with Gasteiger partial charge in [0.15, 0.2) is 0 Å². The molecule has 3 aliphatic carbocycles. The summed E-state index contributed by atoms with van der Waals surface area (Å²) in [4.78, 5) is 0. The second-order valence-electron chi connectivity index (χ2n) is 6.66. The number of rotatable bonds is 1. The largest absolute Gasteiger partial charge is 0.0851 e. The number of hydrogen-bond acceptors (Lipinski definition) is 0. The van der Waals surface area contributed by atoms with Crippen LogP contribution < -0.4 is 0 Å². The molecule has 3 rings (SSSR count). The summed E-state index contributed by atoms with van der Waals surface area (Å²) >= 11 is 0. The molecule has 84 valence electrons. The van der Waals surface area contributed by atoms with E-state index >= 15 is 0 Å². The first-order valence-electron chi connectivity index (χ1n) is 6.87. The molecule has 5 atom stereocenters. The average Bonchev–Trinajstić information content (AvgIpc) is 2.84. The molecule has 2 fully saturated rings. The van der Waals surface area contributed by atoms with Gasteiger partial charge in [-0.15, -0.1) is 0 Å². The predicted molar refractivity (Wildman–Crippen MR) is 64.6 cm³/mol. The molecule has 0 nitrogen and oxygen atoms in total. The van der Waals surface area contributed by atoms with Crippen molar-refractivity contribution in [2.24, 2.45) is 29.1 Å². The van der Waals surface area contributed by atoms with Crippen molar-refractivity contribution in [2.45, 2.75) is 52.4 Å². The Bertz CT molecular complexity index is 278. The molecule has 0 heterocycles. The quantitative estimate of drug-likeness (QED) is 0.555. The maximum absolute atomic E-state index is 2.58. The number of allylic oxidation sites excluding steroid dienone is 2. The van der Waals surface area contributed by atoms with E-state index in [4.69, 9.17) is 0 Å². The molecule has 0 aromatic heterocycles. The van der Waals surface area contributed by atoms with Crippen molar-refractivity contribution in [3.8, 4) is 0 Å². The maximum atomic E-state index is 2.58. The maximum Gasteiger partial charge on any atom is -0.0115 e. The molecule has 0 heteroatoms. The molecular formula is C15H24. The molecule has 15 heavy (non-hydrogen) atoms. The van der Waals surface area contributed by atoms with Crippen LogP contribution in [-0.2, 0) is 0 Å². The zero-order valence-corrected chi connectivity index (χ0v) is 10.2. The molecule has 3 aliphatic rings. The molecule has 0 spiro atoms. The van der Waals surface area contributed by atoms with Crippen molar-refractivity contribution in [1.29, 1.82) is 0 Å². The Kier molecular flexibility index (Phi) is 2.23. The fraction of sp³-hybridized carbons (Fsp3) is 0.867. The van der Waals surface area contributed by atoms with Crippen molar-refractivity contribution in [1.82, 2.24) is 0 Å². The second-order valence-corrected chi connectivity index (χ2v) is 6.66. The monoisotopic (exact) mass is 204 g/mol. The van der Waals surface area contributed by atoms with Gasteiger partial charge in [0.25, 0.3) is 0 Å². The summed E-state index contributed by atoms with van der Waals surface area (Å²) in [5.41, 5.74) is 0.562. The van der Waals surface area contributed by atoms with Crippen LogP contribution in [0.2, 0.25) is 0 Å². The summed E-state index contributed by atoms with van der Waals surface area (Å²) in [6.45, 7) is 4.89. The van der Waals surface area contributed by atoms with Gasteiger partial charge in [0.1, 0.15) is 0 Å². The van der Waals surface area contributed by atoms with Crippen molar-refractivity contribution in [3.05, 3.63) is 12.2 Å². The molecule has 0 N–H and O–H groups in total. The molecule has 0 saturated heterocycles. The van der Waals surface area contributed by atoms with Crippen molar-refractivity contribution < 1.29 is 0 Å². The number of hydrogen-bond donors (Lipinski definition) is 0. The Morgan fingerprint density at radius 2 is 2.00 bits per heavy atom. The Labute approximate surface area is 94.1 Å². The minimum atomic E-state index is 0.562. The standard InChI is InChI=1S/C15H24/c1-11-5-7-15(2,8-6-11)14-10-12-3-4-13(14)9-12/h5,7,11-14H,3-4,6,8-10H2,1-2H3. The Balaban J connectivity index is 1.79. The van der Waals surface area contributed by atoms with E-state index in [0.717, 1.165) is 23.7 Å². The first-order chi connectivity index (χ1) is 7.17. The fourth-order valence-corrected chi connectivity index (χ4v) is 4.46. The van der Waals surface area contributed by atoms with E-state index in [9.17, 15) is 0 Å². The van der Waals surface area contributed by atoms with E-state index in [0.29, 0.717) is 5.41 Å². The third-order valence-electron chi connectivity index (χ3n) is 5.53. The van der Waals surface area contributed by atoms with Gasteiger partial charge in [0, 0.05) is 0 Å². The van der Waals surface area contributed by atoms with E-state index in [1.54, 1.807) is 12.8 Å². The average molecular weight is 204 g/mol. The lowest BCUT2D eigenvalue weighted by Crippen LogP contribution is -2.32. The molecule has 0 aromatic carbocycles. The SMILES string of the molecule is CC1C=CC(C)(C2CC3CCC2C3)CC1. The van der Waals surface area contributed by atoms with Crippen LogP contribution >= 0.6 is 0 Å². The van der Waals surface area contributed by atoms with Gasteiger partial charge < -0.3 is 0 Å². The van der Waals surface area contributed by atoms with Gasteiger partial charge >= 0.3 is 0 Å². The fourth-order valence-electron chi connectivity index (χ4n) is 4.46. The highest BCUT2D eigenvalue weighted by atomic mass is 14.5. The van der Waals surface area contributed by atoms with Crippen LogP contribution in [0.25, 0.3) is 0 Å². The van der Waals surface area contributed by atoms with Gasteiger partial charge in [0.05, 0.1) is 0 Å². The molecular weight excluding hydrogens is 180 g/mol. The van der Waals surface area contributed by atoms with Gasteiger partial charge in [-0.05, 0) is 61.2 Å². The lowest BCUT2D eigenvalue weighted by Gasteiger charge is -2.41. The van der Waals surface area contributed by atoms with Crippen LogP contribution in [0.3, 0.4) is 0 Å². The van der Waals surface area contributed by atoms with Crippen LogP contribution in [0.1, 0.15) is 52.4 Å². The molecule has 2 saturated carbocycles. The highest BCUT2D eigenvalue weighted by molar-refractivity contribution is 5.10. The summed E-state index contributed by atoms with van der Waals surface area (Å²) in [5.74, 6) is 4.04. The third-order valence-corrected chi connectivity index (χ3v) is 5.53. The predicted octanol–water partition coefficient (Wildman–Crippen LogP) is 4.42. The minimum absolute atomic E-state index is 0.562. The topological polar surface area (TPSA) is 0 Å². The van der Waals surface area contributed by atoms with E-state index in [2.05, 4.69) is 26.0 Å². The second kappa shape index (κ2) is 3.37. The molecule has 0 amide bonds. The van der Waals surface area contributed by atoms with Gasteiger partial charge in [-0.2, -0.15) is 0 Å². The summed E-state index contributed by atoms with van der Waals surface area (Å²) in [6.07, 6.45) is 14.1. The third kappa shape index (κ3) is 1.57. The molecule has 0 aliphatic heterocycles. The highest BCUT2D eigenvalue weighted by Crippen LogP contribution is 2.57. The first-order valence-corrected chi connectivity index (χ1v) is 6.87. The van der Waals surface area contributed by atoms with Crippen molar-refractivity contribution in [2.75, 3.05) is 0 Å². The van der Waals surface area contributed by atoms with Crippen LogP contribution in [0, 0.1) is 29.1 Å². The molecule has 0 aromatic rings. The van der Waals surface area contributed by atoms with Gasteiger partial charge in [0.2, 0.25) is 0 Å².